The molecule has 0 spiro atoms. The normalized spacial score (nSPS) is 18.2. The fourth-order valence-electron chi connectivity index (χ4n) is 3.92. The maximum atomic E-state index is 12.9. The van der Waals surface area contributed by atoms with Crippen LogP contribution in [0.1, 0.15) is 40.7 Å². The number of fused-ring (bicyclic) bond motifs is 1. The van der Waals surface area contributed by atoms with Crippen LogP contribution in [0.3, 0.4) is 0 Å². The van der Waals surface area contributed by atoms with Crippen molar-refractivity contribution in [2.24, 2.45) is 0 Å². The number of amides is 1. The minimum absolute atomic E-state index is 0.0188. The highest BCUT2D eigenvalue weighted by Crippen LogP contribution is 2.37. The zero-order valence-corrected chi connectivity index (χ0v) is 18.8. The third kappa shape index (κ3) is 4.37. The van der Waals surface area contributed by atoms with Crippen molar-refractivity contribution in [1.29, 1.82) is 0 Å². The molecule has 170 valence electrons. The van der Waals surface area contributed by atoms with Crippen molar-refractivity contribution in [2.75, 3.05) is 11.6 Å². The van der Waals surface area contributed by atoms with Crippen LogP contribution < -0.4 is 10.0 Å². The molecule has 1 aliphatic rings. The Hall–Kier alpha value is -3.57. The predicted molar refractivity (Wildman–Crippen MR) is 121 cm³/mol. The van der Waals surface area contributed by atoms with Gasteiger partial charge in [0.25, 0.3) is 5.91 Å². The lowest BCUT2D eigenvalue weighted by molar-refractivity contribution is 0.102. The summed E-state index contributed by atoms with van der Waals surface area (Å²) in [6.07, 6.45) is 5.71. The summed E-state index contributed by atoms with van der Waals surface area (Å²) in [4.78, 5) is 21.6. The molecule has 5 rings (SSSR count). The molecule has 0 radical (unpaired) electrons. The second kappa shape index (κ2) is 8.09. The second-order valence-electron chi connectivity index (χ2n) is 8.27. The molecule has 0 bridgehead atoms. The first-order valence-electron chi connectivity index (χ1n) is 10.4. The van der Waals surface area contributed by atoms with Crippen molar-refractivity contribution in [1.82, 2.24) is 24.2 Å². The number of pyridine rings is 1. The fraction of sp³-hybridized carbons (Fsp3) is 0.273. The van der Waals surface area contributed by atoms with Gasteiger partial charge in [-0.3, -0.25) is 9.20 Å². The number of benzene rings is 1. The van der Waals surface area contributed by atoms with Crippen LogP contribution in [0, 0.1) is 6.92 Å². The summed E-state index contributed by atoms with van der Waals surface area (Å²) in [5.41, 5.74) is 3.35. The van der Waals surface area contributed by atoms with Crippen LogP contribution in [0.4, 0.5) is 5.69 Å². The number of nitrogens with one attached hydrogen (secondary N) is 2. The van der Waals surface area contributed by atoms with Gasteiger partial charge < -0.3 is 9.84 Å². The number of nitrogens with zero attached hydrogens (tertiary/aromatic N) is 4. The number of imidazole rings is 1. The van der Waals surface area contributed by atoms with Crippen LogP contribution in [-0.4, -0.2) is 46.1 Å². The Kier molecular flexibility index (Phi) is 5.22. The molecule has 1 fully saturated rings. The number of carbonyl (C=O) groups excluding carboxylic acids is 1. The average Bonchev–Trinajstić information content (AvgIpc) is 3.38. The molecule has 1 saturated carbocycles. The number of hydrogen-bond acceptors (Lipinski definition) is 7. The first-order chi connectivity index (χ1) is 15.8. The molecule has 11 heteroatoms. The van der Waals surface area contributed by atoms with Gasteiger partial charge in [0.05, 0.1) is 12.5 Å². The van der Waals surface area contributed by atoms with Gasteiger partial charge in [-0.25, -0.2) is 18.1 Å². The van der Waals surface area contributed by atoms with E-state index in [4.69, 9.17) is 4.52 Å². The monoisotopic (exact) mass is 466 g/mol. The SMILES string of the molecule is Cc1ccc(-c2noc([C@H]3C[C@H](NS(C)(=O)=O)C3)n2)cc1NC(=O)c1cnc2ccccn12. The summed E-state index contributed by atoms with van der Waals surface area (Å²) in [6.45, 7) is 1.90. The first-order valence-corrected chi connectivity index (χ1v) is 12.3. The van der Waals surface area contributed by atoms with E-state index in [2.05, 4.69) is 25.2 Å². The molecule has 0 aliphatic heterocycles. The topological polar surface area (TPSA) is 131 Å². The van der Waals surface area contributed by atoms with E-state index in [1.54, 1.807) is 22.9 Å². The van der Waals surface area contributed by atoms with Gasteiger partial charge in [-0.05, 0) is 43.5 Å². The Morgan fingerprint density at radius 1 is 1.21 bits per heavy atom. The molecular weight excluding hydrogens is 444 g/mol. The van der Waals surface area contributed by atoms with E-state index < -0.39 is 10.0 Å². The van der Waals surface area contributed by atoms with Gasteiger partial charge in [0.15, 0.2) is 0 Å². The molecule has 10 nitrogen and oxygen atoms in total. The second-order valence-corrected chi connectivity index (χ2v) is 10.0. The molecule has 1 amide bonds. The number of anilines is 1. The lowest BCUT2D eigenvalue weighted by Crippen LogP contribution is -2.42. The van der Waals surface area contributed by atoms with Crippen LogP contribution in [-0.2, 0) is 10.0 Å². The summed E-state index contributed by atoms with van der Waals surface area (Å²) in [5, 5.41) is 7.02. The van der Waals surface area contributed by atoms with Crippen molar-refractivity contribution in [3.63, 3.8) is 0 Å². The van der Waals surface area contributed by atoms with E-state index in [1.165, 1.54) is 0 Å². The molecule has 0 saturated heterocycles. The summed E-state index contributed by atoms with van der Waals surface area (Å²) < 4.78 is 32.4. The number of carbonyl (C=O) groups is 1. The molecule has 3 aromatic heterocycles. The number of aromatic nitrogens is 4. The van der Waals surface area contributed by atoms with E-state index in [1.807, 2.05) is 37.3 Å². The van der Waals surface area contributed by atoms with E-state index in [-0.39, 0.29) is 17.9 Å². The summed E-state index contributed by atoms with van der Waals surface area (Å²) in [6, 6.07) is 11.0. The highest BCUT2D eigenvalue weighted by atomic mass is 32.2. The number of hydrogen-bond donors (Lipinski definition) is 2. The standard InChI is InChI=1S/C22H22N6O4S/c1-13-6-7-14(20-25-22(32-26-20)15-9-16(10-15)27-33(2,30)31)11-17(13)24-21(29)18-12-23-19-5-3-4-8-28(18)19/h3-8,11-12,15-16,27H,9-10H2,1-2H3,(H,24,29)/t15-,16-. The van der Waals surface area contributed by atoms with Crippen molar-refractivity contribution in [3.05, 3.63) is 65.9 Å². The van der Waals surface area contributed by atoms with Gasteiger partial charge in [-0.15, -0.1) is 0 Å². The molecule has 1 aromatic carbocycles. The highest BCUT2D eigenvalue weighted by Gasteiger charge is 2.36. The number of rotatable bonds is 6. The summed E-state index contributed by atoms with van der Waals surface area (Å²) in [5.74, 6) is 0.634. The van der Waals surface area contributed by atoms with Crippen molar-refractivity contribution < 1.29 is 17.7 Å². The highest BCUT2D eigenvalue weighted by molar-refractivity contribution is 7.88. The molecule has 0 unspecified atom stereocenters. The van der Waals surface area contributed by atoms with E-state index in [0.717, 1.165) is 11.8 Å². The van der Waals surface area contributed by atoms with Gasteiger partial charge in [0.2, 0.25) is 21.7 Å². The van der Waals surface area contributed by atoms with Crippen LogP contribution in [0.2, 0.25) is 0 Å². The van der Waals surface area contributed by atoms with E-state index in [0.29, 0.717) is 47.1 Å². The molecule has 0 atom stereocenters. The Bertz CT molecular complexity index is 1450. The number of sulfonamides is 1. The summed E-state index contributed by atoms with van der Waals surface area (Å²) in [7, 11) is -3.23. The lowest BCUT2D eigenvalue weighted by Gasteiger charge is -2.32. The first kappa shape index (κ1) is 21.3. The Labute approximate surface area is 190 Å². The molecule has 3 heterocycles. The zero-order valence-electron chi connectivity index (χ0n) is 18.0. The third-order valence-electron chi connectivity index (χ3n) is 5.70. The van der Waals surface area contributed by atoms with Gasteiger partial charge in [-0.1, -0.05) is 23.4 Å². The lowest BCUT2D eigenvalue weighted by atomic mass is 9.81. The maximum absolute atomic E-state index is 12.9. The molecule has 1 aliphatic carbocycles. The van der Waals surface area contributed by atoms with E-state index >= 15 is 0 Å². The van der Waals surface area contributed by atoms with Crippen LogP contribution in [0.15, 0.2) is 53.3 Å². The molecular formula is C22H22N6O4S. The van der Waals surface area contributed by atoms with E-state index in [9.17, 15) is 13.2 Å². The van der Waals surface area contributed by atoms with Gasteiger partial charge in [-0.2, -0.15) is 4.98 Å². The smallest absolute Gasteiger partial charge is 0.274 e. The molecule has 2 N–H and O–H groups in total. The van der Waals surface area contributed by atoms with Crippen molar-refractivity contribution >= 4 is 27.3 Å². The molecule has 4 aromatic rings. The Morgan fingerprint density at radius 3 is 2.82 bits per heavy atom. The van der Waals surface area contributed by atoms with Gasteiger partial charge in [0, 0.05) is 29.4 Å². The summed E-state index contributed by atoms with van der Waals surface area (Å²) >= 11 is 0. The van der Waals surface area contributed by atoms with Crippen molar-refractivity contribution in [2.45, 2.75) is 31.7 Å². The Balaban J connectivity index is 1.32. The maximum Gasteiger partial charge on any atom is 0.274 e. The minimum atomic E-state index is -3.23. The van der Waals surface area contributed by atoms with Crippen LogP contribution in [0.25, 0.3) is 17.0 Å². The third-order valence-corrected chi connectivity index (χ3v) is 6.46. The quantitative estimate of drug-likeness (QED) is 0.447. The minimum Gasteiger partial charge on any atom is -0.339 e. The van der Waals surface area contributed by atoms with Gasteiger partial charge in [0.1, 0.15) is 11.3 Å². The van der Waals surface area contributed by atoms with Crippen LogP contribution in [0.5, 0.6) is 0 Å². The predicted octanol–water partition coefficient (Wildman–Crippen LogP) is 2.74. The largest absolute Gasteiger partial charge is 0.339 e. The molecule has 33 heavy (non-hydrogen) atoms. The van der Waals surface area contributed by atoms with Crippen LogP contribution >= 0.6 is 0 Å². The van der Waals surface area contributed by atoms with Gasteiger partial charge >= 0.3 is 0 Å². The number of aryl methyl sites for hydroxylation is 1. The van der Waals surface area contributed by atoms with Crippen molar-refractivity contribution in [3.8, 4) is 11.4 Å². The Morgan fingerprint density at radius 2 is 2.03 bits per heavy atom. The zero-order chi connectivity index (χ0) is 23.2. The average molecular weight is 467 g/mol. The fourth-order valence-corrected chi connectivity index (χ4v) is 4.72.